The van der Waals surface area contributed by atoms with Crippen molar-refractivity contribution in [2.45, 2.75) is 12.8 Å². The molecule has 0 amide bonds. The fraction of sp³-hybridized carbons (Fsp3) is 0.200. The van der Waals surface area contributed by atoms with Crippen molar-refractivity contribution in [3.63, 3.8) is 0 Å². The molecule has 39 heavy (non-hydrogen) atoms. The molecule has 1 fully saturated rings. The normalized spacial score (nSPS) is 14.0. The number of likely N-dealkylation sites (tertiary alicyclic amines) is 1. The number of nitrogens with one attached hydrogen (secondary N) is 2. The molecule has 7 rings (SSSR count). The van der Waals surface area contributed by atoms with Gasteiger partial charge < -0.3 is 9.72 Å². The predicted octanol–water partition coefficient (Wildman–Crippen LogP) is 5.84. The number of rotatable bonds is 7. The minimum absolute atomic E-state index is 0.345. The van der Waals surface area contributed by atoms with Gasteiger partial charge in [-0.25, -0.2) is 9.37 Å². The van der Waals surface area contributed by atoms with Crippen LogP contribution in [0.4, 0.5) is 4.39 Å². The number of aromatic nitrogens is 6. The second kappa shape index (κ2) is 9.92. The second-order valence-corrected chi connectivity index (χ2v) is 9.81. The van der Waals surface area contributed by atoms with Crippen molar-refractivity contribution in [2.24, 2.45) is 0 Å². The monoisotopic (exact) mass is 519 g/mol. The lowest BCUT2D eigenvalue weighted by Gasteiger charge is -2.15. The first-order valence-electron chi connectivity index (χ1n) is 13.1. The van der Waals surface area contributed by atoms with E-state index in [1.807, 2.05) is 36.4 Å². The molecule has 1 saturated heterocycles. The Morgan fingerprint density at radius 2 is 1.85 bits per heavy atom. The summed E-state index contributed by atoms with van der Waals surface area (Å²) in [7, 11) is 0. The van der Waals surface area contributed by atoms with Crippen molar-refractivity contribution in [1.82, 2.24) is 35.0 Å². The van der Waals surface area contributed by atoms with Crippen LogP contribution in [0.3, 0.4) is 0 Å². The Balaban J connectivity index is 1.23. The summed E-state index contributed by atoms with van der Waals surface area (Å²) in [6, 6.07) is 14.6. The summed E-state index contributed by atoms with van der Waals surface area (Å²) < 4.78 is 20.6. The SMILES string of the molecule is Fc1cc(OCCN2CCCC2)cc(-c2cncc3[nH]c(-c4n[nH]c5ccc(-c6cccnc6)nc45)cc23)c1. The molecular weight excluding hydrogens is 493 g/mol. The van der Waals surface area contributed by atoms with E-state index in [9.17, 15) is 4.39 Å². The third-order valence-corrected chi connectivity index (χ3v) is 7.22. The second-order valence-electron chi connectivity index (χ2n) is 9.81. The van der Waals surface area contributed by atoms with Gasteiger partial charge in [-0.05, 0) is 74.0 Å². The molecule has 0 spiro atoms. The molecule has 6 aromatic rings. The summed E-state index contributed by atoms with van der Waals surface area (Å²) in [5.74, 6) is 0.171. The molecule has 194 valence electrons. The highest BCUT2D eigenvalue weighted by Crippen LogP contribution is 2.35. The average Bonchev–Trinajstić information content (AvgIpc) is 3.72. The summed E-state index contributed by atoms with van der Waals surface area (Å²) in [4.78, 5) is 19.3. The Kier molecular flexibility index (Phi) is 5.97. The zero-order valence-electron chi connectivity index (χ0n) is 21.2. The Hall–Kier alpha value is -4.63. The number of hydrogen-bond acceptors (Lipinski definition) is 6. The first kappa shape index (κ1) is 23.5. The third kappa shape index (κ3) is 4.61. The molecule has 2 N–H and O–H groups in total. The minimum atomic E-state index is -0.345. The Morgan fingerprint density at radius 1 is 0.923 bits per heavy atom. The summed E-state index contributed by atoms with van der Waals surface area (Å²) in [6.07, 6.45) is 9.51. The van der Waals surface area contributed by atoms with Crippen LogP contribution in [-0.2, 0) is 0 Å². The number of H-pyrrole nitrogens is 2. The molecule has 0 bridgehead atoms. The summed E-state index contributed by atoms with van der Waals surface area (Å²) in [5, 5.41) is 8.54. The quantitative estimate of drug-likeness (QED) is 0.275. The van der Waals surface area contributed by atoms with Gasteiger partial charge in [0.2, 0.25) is 0 Å². The van der Waals surface area contributed by atoms with Crippen LogP contribution in [0.5, 0.6) is 5.75 Å². The van der Waals surface area contributed by atoms with Crippen LogP contribution in [0.1, 0.15) is 12.8 Å². The Labute approximate surface area is 223 Å². The van der Waals surface area contributed by atoms with E-state index >= 15 is 0 Å². The van der Waals surface area contributed by atoms with Crippen molar-refractivity contribution in [3.8, 4) is 39.5 Å². The molecule has 0 atom stereocenters. The molecule has 1 aromatic carbocycles. The van der Waals surface area contributed by atoms with Gasteiger partial charge in [0.05, 0.1) is 28.6 Å². The number of fused-ring (bicyclic) bond motifs is 2. The standard InChI is InChI=1S/C30H26FN7O/c31-21-12-20(13-22(14-21)39-11-10-38-8-1-2-9-38)24-17-33-18-28-23(24)15-27(34-28)30-29-26(36-37-30)6-5-25(35-29)19-4-3-7-32-16-19/h3-7,12-18,34H,1-2,8-11H2,(H,36,37). The lowest BCUT2D eigenvalue weighted by molar-refractivity contribution is 0.237. The van der Waals surface area contributed by atoms with Gasteiger partial charge in [0.1, 0.15) is 29.4 Å². The van der Waals surface area contributed by atoms with E-state index in [1.54, 1.807) is 24.8 Å². The molecule has 9 heteroatoms. The van der Waals surface area contributed by atoms with Crippen LogP contribution in [-0.4, -0.2) is 61.3 Å². The molecule has 1 aliphatic heterocycles. The fourth-order valence-electron chi connectivity index (χ4n) is 5.27. The highest BCUT2D eigenvalue weighted by Gasteiger charge is 2.17. The maximum atomic E-state index is 14.7. The number of nitrogens with zero attached hydrogens (tertiary/aromatic N) is 5. The Bertz CT molecular complexity index is 1770. The van der Waals surface area contributed by atoms with Gasteiger partial charge in [-0.1, -0.05) is 0 Å². The fourth-order valence-corrected chi connectivity index (χ4v) is 5.27. The highest BCUT2D eigenvalue weighted by atomic mass is 19.1. The van der Waals surface area contributed by atoms with Crippen LogP contribution >= 0.6 is 0 Å². The highest BCUT2D eigenvalue weighted by molar-refractivity contribution is 6.00. The molecule has 0 aliphatic carbocycles. The topological polar surface area (TPSA) is 95.6 Å². The predicted molar refractivity (Wildman–Crippen MR) is 149 cm³/mol. The van der Waals surface area contributed by atoms with Crippen LogP contribution in [0, 0.1) is 5.82 Å². The van der Waals surface area contributed by atoms with Crippen molar-refractivity contribution in [2.75, 3.05) is 26.2 Å². The van der Waals surface area contributed by atoms with Crippen LogP contribution in [0.15, 0.2) is 73.3 Å². The van der Waals surface area contributed by atoms with Gasteiger partial charge in [0, 0.05) is 47.7 Å². The van der Waals surface area contributed by atoms with Gasteiger partial charge >= 0.3 is 0 Å². The maximum Gasteiger partial charge on any atom is 0.135 e. The maximum absolute atomic E-state index is 14.7. The molecular formula is C30H26FN7O. The van der Waals surface area contributed by atoms with Gasteiger partial charge in [0.15, 0.2) is 0 Å². The van der Waals surface area contributed by atoms with Gasteiger partial charge in [-0.2, -0.15) is 5.10 Å². The average molecular weight is 520 g/mol. The molecule has 0 unspecified atom stereocenters. The van der Waals surface area contributed by atoms with E-state index in [-0.39, 0.29) is 5.82 Å². The van der Waals surface area contributed by atoms with Crippen molar-refractivity contribution in [3.05, 3.63) is 79.1 Å². The molecule has 6 heterocycles. The largest absolute Gasteiger partial charge is 0.492 e. The third-order valence-electron chi connectivity index (χ3n) is 7.22. The molecule has 0 saturated carbocycles. The van der Waals surface area contributed by atoms with Crippen molar-refractivity contribution >= 4 is 21.9 Å². The number of hydrogen-bond donors (Lipinski definition) is 2. The molecule has 8 nitrogen and oxygen atoms in total. The first-order valence-corrected chi connectivity index (χ1v) is 13.1. The number of aromatic amines is 2. The van der Waals surface area contributed by atoms with E-state index in [2.05, 4.69) is 30.0 Å². The number of benzene rings is 1. The van der Waals surface area contributed by atoms with Gasteiger partial charge in [0.25, 0.3) is 0 Å². The van der Waals surface area contributed by atoms with E-state index in [4.69, 9.17) is 9.72 Å². The van der Waals surface area contributed by atoms with Gasteiger partial charge in [-0.15, -0.1) is 0 Å². The number of pyridine rings is 3. The minimum Gasteiger partial charge on any atom is -0.492 e. The number of ether oxygens (including phenoxy) is 1. The lowest BCUT2D eigenvalue weighted by Crippen LogP contribution is -2.25. The van der Waals surface area contributed by atoms with E-state index in [1.165, 1.54) is 25.0 Å². The molecule has 5 aromatic heterocycles. The first-order chi connectivity index (χ1) is 19.2. The Morgan fingerprint density at radius 3 is 2.72 bits per heavy atom. The summed E-state index contributed by atoms with van der Waals surface area (Å²) in [5.41, 5.74) is 7.15. The van der Waals surface area contributed by atoms with Crippen LogP contribution < -0.4 is 4.74 Å². The summed E-state index contributed by atoms with van der Waals surface area (Å²) >= 11 is 0. The van der Waals surface area contributed by atoms with E-state index < -0.39 is 0 Å². The van der Waals surface area contributed by atoms with Crippen LogP contribution in [0.25, 0.3) is 55.7 Å². The zero-order chi connectivity index (χ0) is 26.2. The van der Waals surface area contributed by atoms with E-state index in [0.717, 1.165) is 64.1 Å². The van der Waals surface area contributed by atoms with Gasteiger partial charge in [-0.3, -0.25) is 20.0 Å². The van der Waals surface area contributed by atoms with E-state index in [0.29, 0.717) is 23.6 Å². The van der Waals surface area contributed by atoms with Crippen molar-refractivity contribution in [1.29, 1.82) is 0 Å². The zero-order valence-corrected chi connectivity index (χ0v) is 21.2. The molecule has 0 radical (unpaired) electrons. The van der Waals surface area contributed by atoms with Crippen molar-refractivity contribution < 1.29 is 9.13 Å². The molecule has 1 aliphatic rings. The summed E-state index contributed by atoms with van der Waals surface area (Å²) in [6.45, 7) is 3.58. The number of halogens is 1. The van der Waals surface area contributed by atoms with Crippen LogP contribution in [0.2, 0.25) is 0 Å². The smallest absolute Gasteiger partial charge is 0.135 e. The lowest BCUT2D eigenvalue weighted by atomic mass is 10.0.